The molecular formula is C40H52N6O4S. The Morgan fingerprint density at radius 3 is 2.47 bits per heavy atom. The van der Waals surface area contributed by atoms with E-state index in [4.69, 9.17) is 5.73 Å². The molecule has 3 aromatic rings. The summed E-state index contributed by atoms with van der Waals surface area (Å²) in [6.07, 6.45) is 3.99. The van der Waals surface area contributed by atoms with E-state index in [1.54, 1.807) is 33.7 Å². The topological polar surface area (TPSA) is 119 Å². The van der Waals surface area contributed by atoms with Gasteiger partial charge < -0.3 is 25.8 Å². The first-order valence-corrected chi connectivity index (χ1v) is 19.3. The molecule has 0 spiro atoms. The molecule has 0 saturated carbocycles. The summed E-state index contributed by atoms with van der Waals surface area (Å²) in [6, 6.07) is 23.1. The number of benzene rings is 3. The number of nitrogens with one attached hydrogen (secondary N) is 1. The Labute approximate surface area is 306 Å². The van der Waals surface area contributed by atoms with Crippen LogP contribution in [0.4, 0.5) is 5.69 Å². The van der Waals surface area contributed by atoms with E-state index >= 15 is 0 Å². The molecule has 3 N–H and O–H groups in total. The molecule has 10 nitrogen and oxygen atoms in total. The van der Waals surface area contributed by atoms with Crippen LogP contribution in [0.15, 0.2) is 77.7 Å². The molecule has 3 aromatic carbocycles. The van der Waals surface area contributed by atoms with Crippen LogP contribution in [0.25, 0.3) is 0 Å². The first kappa shape index (κ1) is 37.9. The van der Waals surface area contributed by atoms with Crippen LogP contribution in [0.3, 0.4) is 0 Å². The van der Waals surface area contributed by atoms with E-state index in [9.17, 15) is 19.2 Å². The van der Waals surface area contributed by atoms with E-state index < -0.39 is 17.9 Å². The number of nitrogens with zero attached hydrogens (tertiary/aromatic N) is 4. The van der Waals surface area contributed by atoms with Crippen molar-refractivity contribution in [1.29, 1.82) is 0 Å². The second kappa shape index (κ2) is 17.7. The van der Waals surface area contributed by atoms with Crippen molar-refractivity contribution in [1.82, 2.24) is 20.0 Å². The fourth-order valence-electron chi connectivity index (χ4n) is 7.60. The van der Waals surface area contributed by atoms with Crippen LogP contribution in [0, 0.1) is 6.92 Å². The van der Waals surface area contributed by atoms with Crippen molar-refractivity contribution in [3.63, 3.8) is 0 Å². The molecule has 1 fully saturated rings. The number of anilines is 1. The van der Waals surface area contributed by atoms with Gasteiger partial charge in [0.1, 0.15) is 0 Å². The van der Waals surface area contributed by atoms with Crippen molar-refractivity contribution in [2.24, 2.45) is 5.73 Å². The van der Waals surface area contributed by atoms with Crippen LogP contribution >= 0.6 is 11.8 Å². The summed E-state index contributed by atoms with van der Waals surface area (Å²) < 4.78 is 0. The third-order valence-corrected chi connectivity index (χ3v) is 11.0. The number of rotatable bonds is 16. The number of aryl methyl sites for hydroxylation is 1. The first-order chi connectivity index (χ1) is 24.6. The number of likely N-dealkylation sites (tertiary alicyclic amines) is 1. The second-order valence-electron chi connectivity index (χ2n) is 13.4. The Bertz CT molecular complexity index is 1680. The lowest BCUT2D eigenvalue weighted by molar-refractivity contribution is -0.136. The average molecular weight is 713 g/mol. The minimum atomic E-state index is -0.707. The number of carbonyl (C=O) groups excluding carboxylic acids is 4. The van der Waals surface area contributed by atoms with Crippen LogP contribution < -0.4 is 16.0 Å². The number of primary amides is 1. The summed E-state index contributed by atoms with van der Waals surface area (Å²) in [4.78, 5) is 63.5. The number of nitrogens with two attached hydrogens (primary N) is 1. The summed E-state index contributed by atoms with van der Waals surface area (Å²) in [6.45, 7) is 10.2. The maximum absolute atomic E-state index is 14.4. The SMILES string of the molecule is CCN(CCNC(=O)C1c2ccccc2C(=O)N(CCC(=O)N(CC(N)=O)CC2CCCN2CC)C1c1ccc(SC)cc1)c1cccc(C)c1. The van der Waals surface area contributed by atoms with Crippen LogP contribution in [0.2, 0.25) is 0 Å². The molecule has 272 valence electrons. The Morgan fingerprint density at radius 2 is 1.78 bits per heavy atom. The molecule has 11 heteroatoms. The van der Waals surface area contributed by atoms with Gasteiger partial charge >= 0.3 is 0 Å². The van der Waals surface area contributed by atoms with E-state index in [-0.39, 0.29) is 43.3 Å². The lowest BCUT2D eigenvalue weighted by Crippen LogP contribution is -2.50. The van der Waals surface area contributed by atoms with Gasteiger partial charge in [-0.3, -0.25) is 24.1 Å². The highest BCUT2D eigenvalue weighted by Crippen LogP contribution is 2.43. The minimum Gasteiger partial charge on any atom is -0.370 e. The van der Waals surface area contributed by atoms with Crippen molar-refractivity contribution >= 4 is 41.1 Å². The molecule has 1 saturated heterocycles. The summed E-state index contributed by atoms with van der Waals surface area (Å²) in [5.41, 5.74) is 9.82. The Morgan fingerprint density at radius 1 is 1.02 bits per heavy atom. The van der Waals surface area contributed by atoms with Gasteiger partial charge in [0.05, 0.1) is 18.5 Å². The molecular weight excluding hydrogens is 661 g/mol. The van der Waals surface area contributed by atoms with Gasteiger partial charge in [0.25, 0.3) is 5.91 Å². The van der Waals surface area contributed by atoms with Crippen LogP contribution in [-0.2, 0) is 14.4 Å². The monoisotopic (exact) mass is 712 g/mol. The third-order valence-electron chi connectivity index (χ3n) is 10.2. The Balaban J connectivity index is 1.42. The van der Waals surface area contributed by atoms with Crippen LogP contribution in [-0.4, -0.2) is 103 Å². The summed E-state index contributed by atoms with van der Waals surface area (Å²) >= 11 is 1.62. The van der Waals surface area contributed by atoms with Crippen LogP contribution in [0.5, 0.6) is 0 Å². The molecule has 51 heavy (non-hydrogen) atoms. The van der Waals surface area contributed by atoms with Crippen molar-refractivity contribution in [2.45, 2.75) is 62.9 Å². The van der Waals surface area contributed by atoms with Crippen molar-refractivity contribution in [2.75, 3.05) is 63.5 Å². The number of likely N-dealkylation sites (N-methyl/N-ethyl adjacent to an activating group) is 2. The number of amides is 4. The third kappa shape index (κ3) is 9.12. The van der Waals surface area contributed by atoms with Gasteiger partial charge in [0.2, 0.25) is 17.7 Å². The van der Waals surface area contributed by atoms with Crippen molar-refractivity contribution in [3.05, 3.63) is 95.1 Å². The molecule has 2 aliphatic heterocycles. The van der Waals surface area contributed by atoms with Crippen LogP contribution in [0.1, 0.15) is 72.1 Å². The van der Waals surface area contributed by atoms with Gasteiger partial charge in [-0.05, 0) is 93.1 Å². The molecule has 2 aliphatic rings. The molecule has 0 radical (unpaired) electrons. The van der Waals surface area contributed by atoms with Crippen molar-refractivity contribution < 1.29 is 19.2 Å². The highest BCUT2D eigenvalue weighted by molar-refractivity contribution is 7.98. The fourth-order valence-corrected chi connectivity index (χ4v) is 8.01. The zero-order chi connectivity index (χ0) is 36.5. The van der Waals surface area contributed by atoms with Gasteiger partial charge in [-0.1, -0.05) is 49.4 Å². The smallest absolute Gasteiger partial charge is 0.254 e. The van der Waals surface area contributed by atoms with Gasteiger partial charge in [-0.25, -0.2) is 0 Å². The lowest BCUT2D eigenvalue weighted by atomic mass is 9.79. The predicted molar refractivity (Wildman–Crippen MR) is 204 cm³/mol. The van der Waals surface area contributed by atoms with E-state index in [0.29, 0.717) is 30.8 Å². The molecule has 3 atom stereocenters. The van der Waals surface area contributed by atoms with Crippen molar-refractivity contribution in [3.8, 4) is 0 Å². The number of hydrogen-bond acceptors (Lipinski definition) is 7. The molecule has 2 heterocycles. The molecule has 4 amide bonds. The number of fused-ring (bicyclic) bond motifs is 1. The number of hydrogen-bond donors (Lipinski definition) is 2. The zero-order valence-corrected chi connectivity index (χ0v) is 31.2. The molecule has 5 rings (SSSR count). The normalized spacial score (nSPS) is 18.7. The van der Waals surface area contributed by atoms with E-state index in [1.165, 1.54) is 5.56 Å². The summed E-state index contributed by atoms with van der Waals surface area (Å²) in [7, 11) is 0. The van der Waals surface area contributed by atoms with Gasteiger partial charge in [0.15, 0.2) is 0 Å². The summed E-state index contributed by atoms with van der Waals surface area (Å²) in [5.74, 6) is -1.92. The van der Waals surface area contributed by atoms with E-state index in [0.717, 1.165) is 48.6 Å². The molecule has 0 aromatic heterocycles. The Hall–Kier alpha value is -4.35. The van der Waals surface area contributed by atoms with Gasteiger partial charge in [-0.2, -0.15) is 0 Å². The fraction of sp³-hybridized carbons (Fsp3) is 0.450. The highest BCUT2D eigenvalue weighted by atomic mass is 32.2. The molecule has 3 unspecified atom stereocenters. The first-order valence-electron chi connectivity index (χ1n) is 18.1. The number of thioether (sulfide) groups is 1. The minimum absolute atomic E-state index is 0.00425. The zero-order valence-electron chi connectivity index (χ0n) is 30.3. The average Bonchev–Trinajstić information content (AvgIpc) is 3.59. The maximum atomic E-state index is 14.4. The molecule has 0 aliphatic carbocycles. The van der Waals surface area contributed by atoms with E-state index in [1.807, 2.05) is 48.7 Å². The standard InChI is InChI=1S/C40H52N6O4S/c1-5-43-22-10-13-31(43)26-45(27-35(41)47)36(48)20-23-46-38(29-16-18-32(51-4)19-17-29)37(33-14-7-8-15-34(33)40(46)50)39(49)42-21-24-44(6-2)30-12-9-11-28(3)25-30/h7-9,11-12,14-19,25,31,37-38H,5-6,10,13,20-24,26-27H2,1-4H3,(H2,41,47)(H,42,49). The largest absolute Gasteiger partial charge is 0.370 e. The Kier molecular flexibility index (Phi) is 13.2. The maximum Gasteiger partial charge on any atom is 0.254 e. The van der Waals surface area contributed by atoms with Gasteiger partial charge in [0, 0.05) is 61.3 Å². The predicted octanol–water partition coefficient (Wildman–Crippen LogP) is 4.83. The number of carbonyl (C=O) groups is 4. The van der Waals surface area contributed by atoms with E-state index in [2.05, 4.69) is 54.1 Å². The summed E-state index contributed by atoms with van der Waals surface area (Å²) in [5, 5.41) is 3.20. The highest BCUT2D eigenvalue weighted by Gasteiger charge is 2.44. The second-order valence-corrected chi connectivity index (χ2v) is 14.3. The van der Waals surface area contributed by atoms with Gasteiger partial charge in [-0.15, -0.1) is 11.8 Å². The quantitative estimate of drug-likeness (QED) is 0.204. The lowest BCUT2D eigenvalue weighted by Gasteiger charge is -2.42. The molecule has 0 bridgehead atoms.